The van der Waals surface area contributed by atoms with Gasteiger partial charge in [0.15, 0.2) is 23.1 Å². The van der Waals surface area contributed by atoms with Gasteiger partial charge in [-0.2, -0.15) is 0 Å². The molecule has 0 N–H and O–H groups in total. The first-order chi connectivity index (χ1) is 26.2. The summed E-state index contributed by atoms with van der Waals surface area (Å²) in [5.74, 6) is 2.35. The predicted molar refractivity (Wildman–Crippen MR) is 209 cm³/mol. The minimum absolute atomic E-state index is 0.583. The second-order valence-electron chi connectivity index (χ2n) is 13.0. The third-order valence-electron chi connectivity index (χ3n) is 9.79. The maximum Gasteiger partial charge on any atom is 0.227 e. The second-order valence-corrected chi connectivity index (χ2v) is 13.0. The highest BCUT2D eigenvalue weighted by Crippen LogP contribution is 2.40. The van der Waals surface area contributed by atoms with Gasteiger partial charge < -0.3 is 13.3 Å². The zero-order chi connectivity index (χ0) is 34.9. The zero-order valence-electron chi connectivity index (χ0n) is 28.0. The van der Waals surface area contributed by atoms with E-state index in [0.29, 0.717) is 28.9 Å². The van der Waals surface area contributed by atoms with Crippen LogP contribution in [0.3, 0.4) is 0 Å². The lowest BCUT2D eigenvalue weighted by molar-refractivity contribution is 0.617. The monoisotopic (exact) mass is 682 g/mol. The lowest BCUT2D eigenvalue weighted by Crippen LogP contribution is -2.00. The van der Waals surface area contributed by atoms with Crippen LogP contribution in [0.15, 0.2) is 171 Å². The highest BCUT2D eigenvalue weighted by atomic mass is 16.4. The van der Waals surface area contributed by atoms with Crippen molar-refractivity contribution in [1.82, 2.24) is 19.9 Å². The molecule has 4 aromatic heterocycles. The van der Waals surface area contributed by atoms with E-state index in [1.807, 2.05) is 115 Å². The summed E-state index contributed by atoms with van der Waals surface area (Å²) >= 11 is 0. The number of para-hydroxylation sites is 1. The van der Waals surface area contributed by atoms with Gasteiger partial charge in [-0.1, -0.05) is 115 Å². The van der Waals surface area contributed by atoms with Crippen molar-refractivity contribution in [2.45, 2.75) is 0 Å². The Morgan fingerprint density at radius 3 is 1.64 bits per heavy atom. The molecule has 11 rings (SSSR count). The Balaban J connectivity index is 1.03. The fraction of sp³-hybridized carbons (Fsp3) is 0. The standard InChI is InChI=1S/C46H26N4O3/c1-3-11-28(12-4-1)43-48-44(50-45(49-43)33-17-10-20-38-42(33)32-15-7-8-18-36(32)51-38)29-23-21-27(22-24-29)31-16-9-19-37-41(31)34-25-35-40(26-39(34)52-37)53-46(47-35)30-13-5-2-6-14-30/h1-26H. The second kappa shape index (κ2) is 11.6. The summed E-state index contributed by atoms with van der Waals surface area (Å²) in [5.41, 5.74) is 10.3. The Hall–Kier alpha value is -7.38. The zero-order valence-corrected chi connectivity index (χ0v) is 28.0. The van der Waals surface area contributed by atoms with E-state index >= 15 is 0 Å². The van der Waals surface area contributed by atoms with E-state index in [0.717, 1.165) is 82.8 Å². The maximum absolute atomic E-state index is 6.37. The summed E-state index contributed by atoms with van der Waals surface area (Å²) in [6, 6.07) is 52.5. The Morgan fingerprint density at radius 2 is 0.887 bits per heavy atom. The van der Waals surface area contributed by atoms with Gasteiger partial charge in [0, 0.05) is 49.9 Å². The van der Waals surface area contributed by atoms with Crippen LogP contribution in [0.1, 0.15) is 0 Å². The van der Waals surface area contributed by atoms with Crippen LogP contribution >= 0.6 is 0 Å². The third kappa shape index (κ3) is 4.82. The molecule has 0 radical (unpaired) electrons. The number of rotatable bonds is 5. The van der Waals surface area contributed by atoms with Gasteiger partial charge in [0.1, 0.15) is 27.8 Å². The Labute approximate surface area is 301 Å². The van der Waals surface area contributed by atoms with Crippen LogP contribution in [0.4, 0.5) is 0 Å². The fourth-order valence-corrected chi connectivity index (χ4v) is 7.29. The van der Waals surface area contributed by atoms with Gasteiger partial charge >= 0.3 is 0 Å². The summed E-state index contributed by atoms with van der Waals surface area (Å²) in [5, 5.41) is 4.01. The van der Waals surface area contributed by atoms with Crippen LogP contribution in [0.25, 0.3) is 112 Å². The van der Waals surface area contributed by atoms with Crippen molar-refractivity contribution in [3.63, 3.8) is 0 Å². The SMILES string of the molecule is c1ccc(-c2nc(-c3ccc(-c4cccc5oc6cc7oc(-c8ccccc8)nc7cc6c45)cc3)nc(-c3cccc4oc5ccccc5c34)n2)cc1. The molecule has 0 atom stereocenters. The first kappa shape index (κ1) is 29.4. The lowest BCUT2D eigenvalue weighted by atomic mass is 9.98. The van der Waals surface area contributed by atoms with Crippen molar-refractivity contribution >= 4 is 55.0 Å². The maximum atomic E-state index is 6.37. The summed E-state index contributed by atoms with van der Waals surface area (Å²) in [6.07, 6.45) is 0. The first-order valence-electron chi connectivity index (χ1n) is 17.4. The number of furan rings is 2. The average Bonchev–Trinajstić information content (AvgIpc) is 3.93. The van der Waals surface area contributed by atoms with Crippen LogP contribution in [0, 0.1) is 0 Å². The molecule has 7 aromatic carbocycles. The van der Waals surface area contributed by atoms with Gasteiger partial charge in [-0.15, -0.1) is 0 Å². The van der Waals surface area contributed by atoms with Gasteiger partial charge in [0.2, 0.25) is 5.89 Å². The Kier molecular flexibility index (Phi) is 6.42. The van der Waals surface area contributed by atoms with Crippen LogP contribution < -0.4 is 0 Å². The summed E-state index contributed by atoms with van der Waals surface area (Å²) in [7, 11) is 0. The summed E-state index contributed by atoms with van der Waals surface area (Å²) in [6.45, 7) is 0. The molecule has 0 aliphatic carbocycles. The highest BCUT2D eigenvalue weighted by Gasteiger charge is 2.19. The third-order valence-corrected chi connectivity index (χ3v) is 9.79. The van der Waals surface area contributed by atoms with Crippen molar-refractivity contribution in [3.05, 3.63) is 158 Å². The van der Waals surface area contributed by atoms with Gasteiger partial charge in [0.05, 0.1) is 0 Å². The number of hydrogen-bond donors (Lipinski definition) is 0. The molecule has 248 valence electrons. The lowest BCUT2D eigenvalue weighted by Gasteiger charge is -2.10. The number of benzene rings is 7. The van der Waals surface area contributed by atoms with Gasteiger partial charge in [-0.25, -0.2) is 19.9 Å². The van der Waals surface area contributed by atoms with Crippen molar-refractivity contribution in [1.29, 1.82) is 0 Å². The molecule has 4 heterocycles. The summed E-state index contributed by atoms with van der Waals surface area (Å²) < 4.78 is 18.7. The number of hydrogen-bond acceptors (Lipinski definition) is 7. The van der Waals surface area contributed by atoms with E-state index in [4.69, 9.17) is 33.2 Å². The molecule has 0 unspecified atom stereocenters. The number of aromatic nitrogens is 4. The molecular weight excluding hydrogens is 657 g/mol. The van der Waals surface area contributed by atoms with Crippen molar-refractivity contribution < 1.29 is 13.3 Å². The molecule has 0 fully saturated rings. The highest BCUT2D eigenvalue weighted by molar-refractivity contribution is 6.15. The van der Waals surface area contributed by atoms with Crippen molar-refractivity contribution in [3.8, 4) is 56.7 Å². The van der Waals surface area contributed by atoms with E-state index in [2.05, 4.69) is 42.5 Å². The van der Waals surface area contributed by atoms with Crippen LogP contribution in [0.2, 0.25) is 0 Å². The van der Waals surface area contributed by atoms with E-state index in [1.165, 1.54) is 0 Å². The van der Waals surface area contributed by atoms with Crippen LogP contribution in [-0.4, -0.2) is 19.9 Å². The van der Waals surface area contributed by atoms with Crippen LogP contribution in [-0.2, 0) is 0 Å². The topological polar surface area (TPSA) is 91.0 Å². The smallest absolute Gasteiger partial charge is 0.227 e. The predicted octanol–water partition coefficient (Wildman–Crippen LogP) is 12.1. The molecule has 0 saturated heterocycles. The Bertz CT molecular complexity index is 3160. The molecule has 0 spiro atoms. The Morgan fingerprint density at radius 1 is 0.321 bits per heavy atom. The van der Waals surface area contributed by atoms with E-state index in [9.17, 15) is 0 Å². The largest absolute Gasteiger partial charge is 0.456 e. The number of fused-ring (bicyclic) bond motifs is 7. The molecule has 0 bridgehead atoms. The fourth-order valence-electron chi connectivity index (χ4n) is 7.29. The molecular formula is C46H26N4O3. The molecule has 0 saturated carbocycles. The first-order valence-corrected chi connectivity index (χ1v) is 17.4. The molecule has 11 aromatic rings. The quantitative estimate of drug-likeness (QED) is 0.178. The number of nitrogens with zero attached hydrogens (tertiary/aromatic N) is 4. The molecule has 7 heteroatoms. The number of oxazole rings is 1. The van der Waals surface area contributed by atoms with Gasteiger partial charge in [-0.05, 0) is 47.5 Å². The van der Waals surface area contributed by atoms with Crippen molar-refractivity contribution in [2.75, 3.05) is 0 Å². The van der Waals surface area contributed by atoms with Crippen molar-refractivity contribution in [2.24, 2.45) is 0 Å². The van der Waals surface area contributed by atoms with E-state index in [-0.39, 0.29) is 0 Å². The minimum atomic E-state index is 0.583. The van der Waals surface area contributed by atoms with Gasteiger partial charge in [0.25, 0.3) is 0 Å². The van der Waals surface area contributed by atoms with Gasteiger partial charge in [-0.3, -0.25) is 0 Å². The van der Waals surface area contributed by atoms with Crippen LogP contribution in [0.5, 0.6) is 0 Å². The summed E-state index contributed by atoms with van der Waals surface area (Å²) in [4.78, 5) is 19.9. The molecule has 0 amide bonds. The molecule has 0 aliphatic rings. The van der Waals surface area contributed by atoms with E-state index in [1.54, 1.807) is 0 Å². The average molecular weight is 683 g/mol. The van der Waals surface area contributed by atoms with E-state index < -0.39 is 0 Å². The molecule has 7 nitrogen and oxygen atoms in total. The normalized spacial score (nSPS) is 11.8. The molecule has 0 aliphatic heterocycles. The minimum Gasteiger partial charge on any atom is -0.456 e. The molecule has 53 heavy (non-hydrogen) atoms.